The van der Waals surface area contributed by atoms with Gasteiger partial charge in [-0.25, -0.2) is 0 Å². The third kappa shape index (κ3) is 3.43. The Bertz CT molecular complexity index is 421. The molecule has 0 N–H and O–H groups in total. The molecule has 0 aromatic heterocycles. The Labute approximate surface area is 123 Å². The second-order valence-corrected chi connectivity index (χ2v) is 5.77. The third-order valence-corrected chi connectivity index (χ3v) is 4.41. The lowest BCUT2D eigenvalue weighted by atomic mass is 9.85. The van der Waals surface area contributed by atoms with Crippen LogP contribution in [0.4, 0.5) is 0 Å². The predicted octanol–water partition coefficient (Wildman–Crippen LogP) is 4.01. The molecule has 0 aliphatic heterocycles. The smallest absolute Gasteiger partial charge is 0.0139 e. The molecule has 0 radical (unpaired) electrons. The van der Waals surface area contributed by atoms with E-state index in [1.807, 2.05) is 5.37 Å². The quantitative estimate of drug-likeness (QED) is 0.722. The summed E-state index contributed by atoms with van der Waals surface area (Å²) in [6.45, 7) is 7.02. The first kappa shape index (κ1) is 14.7. The van der Waals surface area contributed by atoms with E-state index in [1.165, 1.54) is 61.9 Å². The van der Waals surface area contributed by atoms with Crippen molar-refractivity contribution in [3.05, 3.63) is 34.9 Å². The maximum atomic E-state index is 5.17. The van der Waals surface area contributed by atoms with Crippen molar-refractivity contribution in [1.82, 2.24) is 4.90 Å². The summed E-state index contributed by atoms with van der Waals surface area (Å²) in [5.74, 6) is 0. The molecule has 0 heterocycles. The van der Waals surface area contributed by atoms with Crippen LogP contribution < -0.4 is 0 Å². The summed E-state index contributed by atoms with van der Waals surface area (Å²) < 4.78 is 0. The molecule has 19 heavy (non-hydrogen) atoms. The average molecular weight is 275 g/mol. The molecule has 0 bridgehead atoms. The van der Waals surface area contributed by atoms with Gasteiger partial charge in [-0.2, -0.15) is 0 Å². The highest BCUT2D eigenvalue weighted by atomic mass is 32.1. The van der Waals surface area contributed by atoms with Crippen molar-refractivity contribution < 1.29 is 0 Å². The first-order valence-electron chi connectivity index (χ1n) is 7.60. The molecule has 0 spiro atoms. The molecule has 2 heteroatoms. The van der Waals surface area contributed by atoms with Crippen LogP contribution in [0.15, 0.2) is 18.2 Å². The van der Waals surface area contributed by atoms with Gasteiger partial charge in [0.2, 0.25) is 0 Å². The minimum atomic E-state index is 0.712. The minimum Gasteiger partial charge on any atom is -0.300 e. The fraction of sp³-hybridized carbons (Fsp3) is 0.588. The minimum absolute atomic E-state index is 0.712. The summed E-state index contributed by atoms with van der Waals surface area (Å²) >= 11 is 5.17. The van der Waals surface area contributed by atoms with Crippen molar-refractivity contribution in [1.29, 1.82) is 0 Å². The number of hydrogen-bond acceptors (Lipinski definition) is 2. The third-order valence-electron chi connectivity index (χ3n) is 4.16. The van der Waals surface area contributed by atoms with E-state index in [-0.39, 0.29) is 0 Å². The fourth-order valence-electron chi connectivity index (χ4n) is 3.27. The normalized spacial score (nSPS) is 18.4. The van der Waals surface area contributed by atoms with Gasteiger partial charge in [-0.05, 0) is 61.9 Å². The molecule has 1 unspecified atom stereocenters. The number of aryl methyl sites for hydroxylation is 1. The first-order valence-corrected chi connectivity index (χ1v) is 8.07. The monoisotopic (exact) mass is 275 g/mol. The maximum absolute atomic E-state index is 5.17. The highest BCUT2D eigenvalue weighted by Crippen LogP contribution is 2.27. The van der Waals surface area contributed by atoms with Gasteiger partial charge in [-0.3, -0.25) is 0 Å². The van der Waals surface area contributed by atoms with E-state index in [1.54, 1.807) is 0 Å². The van der Waals surface area contributed by atoms with Crippen LogP contribution in [-0.4, -0.2) is 29.4 Å². The van der Waals surface area contributed by atoms with Crippen molar-refractivity contribution in [2.24, 2.45) is 0 Å². The number of rotatable bonds is 6. The number of hydrogen-bond donors (Lipinski definition) is 0. The summed E-state index contributed by atoms with van der Waals surface area (Å²) in [4.78, 5) is 2.68. The van der Waals surface area contributed by atoms with E-state index in [2.05, 4.69) is 36.9 Å². The van der Waals surface area contributed by atoms with Gasteiger partial charge < -0.3 is 4.90 Å². The van der Waals surface area contributed by atoms with Crippen LogP contribution in [0.2, 0.25) is 0 Å². The van der Waals surface area contributed by atoms with Crippen LogP contribution in [0.5, 0.6) is 0 Å². The molecule has 1 aliphatic carbocycles. The molecule has 2 rings (SSSR count). The fourth-order valence-corrected chi connectivity index (χ4v) is 3.49. The lowest BCUT2D eigenvalue weighted by Gasteiger charge is -2.35. The zero-order valence-electron chi connectivity index (χ0n) is 12.2. The predicted molar refractivity (Wildman–Crippen MR) is 87.2 cm³/mol. The Morgan fingerprint density at radius 1 is 1.26 bits per heavy atom. The summed E-state index contributed by atoms with van der Waals surface area (Å²) in [6, 6.07) is 7.30. The van der Waals surface area contributed by atoms with E-state index in [4.69, 9.17) is 12.2 Å². The van der Waals surface area contributed by atoms with Crippen molar-refractivity contribution in [2.75, 3.05) is 13.1 Å². The van der Waals surface area contributed by atoms with Gasteiger partial charge in [0.1, 0.15) is 0 Å². The van der Waals surface area contributed by atoms with Gasteiger partial charge in [-0.15, -0.1) is 0 Å². The van der Waals surface area contributed by atoms with Crippen molar-refractivity contribution >= 4 is 17.6 Å². The van der Waals surface area contributed by atoms with Crippen LogP contribution in [-0.2, 0) is 12.8 Å². The second kappa shape index (κ2) is 7.16. The standard InChI is InChI=1S/C17H25NS/c1-3-10-18(11-4-2)16-9-8-14-6-5-7-15(13-19)17(14)12-16/h5-7,13,16H,3-4,8-12H2,1-2H3. The van der Waals surface area contributed by atoms with Crippen LogP contribution in [0.1, 0.15) is 49.8 Å². The highest BCUT2D eigenvalue weighted by Gasteiger charge is 2.24. The van der Waals surface area contributed by atoms with E-state index >= 15 is 0 Å². The molecule has 0 saturated heterocycles. The van der Waals surface area contributed by atoms with Gasteiger partial charge in [0.05, 0.1) is 0 Å². The molecule has 1 aromatic carbocycles. The first-order chi connectivity index (χ1) is 9.30. The zero-order valence-corrected chi connectivity index (χ0v) is 13.0. The summed E-state index contributed by atoms with van der Waals surface area (Å²) in [5, 5.41) is 1.85. The zero-order chi connectivity index (χ0) is 13.7. The van der Waals surface area contributed by atoms with Gasteiger partial charge in [-0.1, -0.05) is 44.3 Å². The Morgan fingerprint density at radius 2 is 2.00 bits per heavy atom. The van der Waals surface area contributed by atoms with Gasteiger partial charge in [0.15, 0.2) is 0 Å². The van der Waals surface area contributed by atoms with E-state index < -0.39 is 0 Å². The van der Waals surface area contributed by atoms with Gasteiger partial charge >= 0.3 is 0 Å². The maximum Gasteiger partial charge on any atom is 0.0139 e. The Morgan fingerprint density at radius 3 is 2.63 bits per heavy atom. The van der Waals surface area contributed by atoms with Gasteiger partial charge in [0, 0.05) is 11.4 Å². The molecular weight excluding hydrogens is 250 g/mol. The Hall–Kier alpha value is -0.730. The van der Waals surface area contributed by atoms with Crippen molar-refractivity contribution in [3.8, 4) is 0 Å². The lowest BCUT2D eigenvalue weighted by Crippen LogP contribution is -2.40. The molecule has 1 aromatic rings. The SMILES string of the molecule is CCCN(CCC)C1CCc2cccc(C=S)c2C1. The summed E-state index contributed by atoms with van der Waals surface area (Å²) in [6.07, 6.45) is 6.18. The van der Waals surface area contributed by atoms with E-state index in [0.29, 0.717) is 6.04 Å². The molecule has 104 valence electrons. The molecule has 0 fully saturated rings. The number of fused-ring (bicyclic) bond motifs is 1. The number of thiocarbonyl (C=S) groups is 1. The molecule has 0 saturated carbocycles. The van der Waals surface area contributed by atoms with E-state index in [9.17, 15) is 0 Å². The van der Waals surface area contributed by atoms with Crippen LogP contribution in [0.25, 0.3) is 0 Å². The number of nitrogens with zero attached hydrogens (tertiary/aromatic N) is 1. The number of benzene rings is 1. The summed E-state index contributed by atoms with van der Waals surface area (Å²) in [7, 11) is 0. The highest BCUT2D eigenvalue weighted by molar-refractivity contribution is 7.79. The largest absolute Gasteiger partial charge is 0.300 e. The van der Waals surface area contributed by atoms with Crippen LogP contribution >= 0.6 is 12.2 Å². The topological polar surface area (TPSA) is 3.24 Å². The Kier molecular flexibility index (Phi) is 5.53. The van der Waals surface area contributed by atoms with Crippen LogP contribution in [0, 0.1) is 0 Å². The molecule has 1 aliphatic rings. The van der Waals surface area contributed by atoms with Crippen molar-refractivity contribution in [3.63, 3.8) is 0 Å². The molecule has 1 nitrogen and oxygen atoms in total. The van der Waals surface area contributed by atoms with Crippen molar-refractivity contribution in [2.45, 2.75) is 52.0 Å². The lowest BCUT2D eigenvalue weighted by molar-refractivity contribution is 0.180. The van der Waals surface area contributed by atoms with Gasteiger partial charge in [0.25, 0.3) is 0 Å². The molecular formula is C17H25NS. The van der Waals surface area contributed by atoms with E-state index in [0.717, 1.165) is 0 Å². The molecule has 0 amide bonds. The average Bonchev–Trinajstić information content (AvgIpc) is 2.46. The second-order valence-electron chi connectivity index (χ2n) is 5.54. The van der Waals surface area contributed by atoms with Crippen LogP contribution in [0.3, 0.4) is 0 Å². The molecule has 1 atom stereocenters. The summed E-state index contributed by atoms with van der Waals surface area (Å²) in [5.41, 5.74) is 4.29. The Balaban J connectivity index is 2.17.